The quantitative estimate of drug-likeness (QED) is 0.688. The van der Waals surface area contributed by atoms with Crippen molar-refractivity contribution in [1.29, 1.82) is 0 Å². The van der Waals surface area contributed by atoms with E-state index in [4.69, 9.17) is 4.74 Å². The van der Waals surface area contributed by atoms with E-state index in [1.54, 1.807) is 0 Å². The molecule has 142 valence electrons. The number of imidazole rings is 1. The molecule has 0 unspecified atom stereocenters. The third-order valence-electron chi connectivity index (χ3n) is 4.11. The van der Waals surface area contributed by atoms with Crippen LogP contribution in [0.25, 0.3) is 11.0 Å². The Hall–Kier alpha value is -3.16. The summed E-state index contributed by atoms with van der Waals surface area (Å²) in [4.78, 5) is 16.8. The first-order chi connectivity index (χ1) is 13.0. The molecule has 0 saturated heterocycles. The lowest BCUT2D eigenvalue weighted by molar-refractivity contribution is -0.0512. The number of methoxy groups -OCH3 is 1. The molecule has 3 aromatic rings. The summed E-state index contributed by atoms with van der Waals surface area (Å²) in [6, 6.07) is 11.8. The molecule has 1 N–H and O–H groups in total. The van der Waals surface area contributed by atoms with Gasteiger partial charge < -0.3 is 19.4 Å². The first kappa shape index (κ1) is 18.6. The number of amides is 1. The van der Waals surface area contributed by atoms with E-state index in [2.05, 4.69) is 15.0 Å². The number of nitrogens with one attached hydrogen (secondary N) is 1. The van der Waals surface area contributed by atoms with Gasteiger partial charge in [-0.3, -0.25) is 4.79 Å². The fourth-order valence-corrected chi connectivity index (χ4v) is 2.86. The number of ether oxygens (including phenoxy) is 2. The summed E-state index contributed by atoms with van der Waals surface area (Å²) in [6.07, 6.45) is 0. The van der Waals surface area contributed by atoms with Crippen molar-refractivity contribution in [2.45, 2.75) is 20.1 Å². The summed E-state index contributed by atoms with van der Waals surface area (Å²) in [6.45, 7) is -0.111. The van der Waals surface area contributed by atoms with Crippen molar-refractivity contribution < 1.29 is 23.0 Å². The van der Waals surface area contributed by atoms with Gasteiger partial charge in [0.2, 0.25) is 0 Å². The maximum Gasteiger partial charge on any atom is 0.387 e. The molecule has 1 heterocycles. The van der Waals surface area contributed by atoms with Gasteiger partial charge in [-0.05, 0) is 37.3 Å². The second-order valence-electron chi connectivity index (χ2n) is 5.80. The number of rotatable bonds is 7. The molecule has 0 saturated carbocycles. The van der Waals surface area contributed by atoms with E-state index in [9.17, 15) is 13.6 Å². The summed E-state index contributed by atoms with van der Waals surface area (Å²) >= 11 is 0. The average molecular weight is 375 g/mol. The minimum Gasteiger partial charge on any atom is -0.493 e. The number of hydrogen-bond acceptors (Lipinski definition) is 4. The molecule has 3 rings (SSSR count). The maximum atomic E-state index is 12.4. The SMILES string of the molecule is COc1cc(C(=O)NCCn2c(C)nc3ccccc32)ccc1OC(F)F. The van der Waals surface area contributed by atoms with Gasteiger partial charge in [-0.1, -0.05) is 12.1 Å². The van der Waals surface area contributed by atoms with Crippen molar-refractivity contribution in [2.75, 3.05) is 13.7 Å². The number of carbonyl (C=O) groups is 1. The zero-order valence-corrected chi connectivity index (χ0v) is 14.9. The monoisotopic (exact) mass is 375 g/mol. The second-order valence-corrected chi connectivity index (χ2v) is 5.80. The molecule has 0 aliphatic rings. The van der Waals surface area contributed by atoms with Crippen molar-refractivity contribution in [2.24, 2.45) is 0 Å². The highest BCUT2D eigenvalue weighted by atomic mass is 19.3. The fraction of sp³-hybridized carbons (Fsp3) is 0.263. The molecule has 8 heteroatoms. The van der Waals surface area contributed by atoms with E-state index in [-0.39, 0.29) is 17.4 Å². The number of aryl methyl sites for hydroxylation is 1. The molecular formula is C19H19F2N3O3. The third kappa shape index (κ3) is 4.16. The first-order valence-electron chi connectivity index (χ1n) is 8.32. The Labute approximate surface area is 154 Å². The third-order valence-corrected chi connectivity index (χ3v) is 4.11. The highest BCUT2D eigenvalue weighted by Crippen LogP contribution is 2.29. The number of fused-ring (bicyclic) bond motifs is 1. The predicted molar refractivity (Wildman–Crippen MR) is 96.4 cm³/mol. The van der Waals surface area contributed by atoms with Crippen molar-refractivity contribution in [3.63, 3.8) is 0 Å². The Morgan fingerprint density at radius 2 is 2.00 bits per heavy atom. The van der Waals surface area contributed by atoms with Crippen LogP contribution in [0.1, 0.15) is 16.2 Å². The minimum absolute atomic E-state index is 0.0689. The lowest BCUT2D eigenvalue weighted by atomic mass is 10.2. The molecule has 6 nitrogen and oxygen atoms in total. The minimum atomic E-state index is -2.97. The van der Waals surface area contributed by atoms with Crippen LogP contribution < -0.4 is 14.8 Å². The molecule has 2 aromatic carbocycles. The summed E-state index contributed by atoms with van der Waals surface area (Å²) in [7, 11) is 1.32. The normalized spacial score (nSPS) is 11.0. The molecule has 0 aliphatic heterocycles. The number of aromatic nitrogens is 2. The zero-order valence-electron chi connectivity index (χ0n) is 14.9. The topological polar surface area (TPSA) is 65.4 Å². The summed E-state index contributed by atoms with van der Waals surface area (Å²) in [5.41, 5.74) is 2.20. The molecule has 0 atom stereocenters. The van der Waals surface area contributed by atoms with Crippen LogP contribution in [-0.4, -0.2) is 35.7 Å². The van der Waals surface area contributed by atoms with Crippen LogP contribution in [0.4, 0.5) is 8.78 Å². The van der Waals surface area contributed by atoms with Gasteiger partial charge in [-0.15, -0.1) is 0 Å². The van der Waals surface area contributed by atoms with Gasteiger partial charge in [-0.25, -0.2) is 4.98 Å². The number of benzene rings is 2. The Bertz CT molecular complexity index is 957. The van der Waals surface area contributed by atoms with E-state index in [1.807, 2.05) is 35.8 Å². The molecule has 0 fully saturated rings. The van der Waals surface area contributed by atoms with E-state index in [0.29, 0.717) is 18.7 Å². The maximum absolute atomic E-state index is 12.4. The Morgan fingerprint density at radius 3 is 2.74 bits per heavy atom. The molecule has 0 aliphatic carbocycles. The summed E-state index contributed by atoms with van der Waals surface area (Å²) in [5.74, 6) is 0.476. The van der Waals surface area contributed by atoms with E-state index in [0.717, 1.165) is 16.9 Å². The lowest BCUT2D eigenvalue weighted by Crippen LogP contribution is -2.27. The van der Waals surface area contributed by atoms with Gasteiger partial charge in [0.15, 0.2) is 11.5 Å². The van der Waals surface area contributed by atoms with Crippen molar-refractivity contribution in [1.82, 2.24) is 14.9 Å². The van der Waals surface area contributed by atoms with Gasteiger partial charge in [0, 0.05) is 18.7 Å². The van der Waals surface area contributed by atoms with Crippen LogP contribution in [0.2, 0.25) is 0 Å². The fourth-order valence-electron chi connectivity index (χ4n) is 2.86. The molecule has 1 amide bonds. The van der Waals surface area contributed by atoms with Crippen LogP contribution in [0.15, 0.2) is 42.5 Å². The number of hydrogen-bond donors (Lipinski definition) is 1. The summed E-state index contributed by atoms with van der Waals surface area (Å²) < 4.78 is 36.1. The summed E-state index contributed by atoms with van der Waals surface area (Å²) in [5, 5.41) is 2.81. The molecular weight excluding hydrogens is 356 g/mol. The van der Waals surface area contributed by atoms with Crippen molar-refractivity contribution in [3.8, 4) is 11.5 Å². The highest BCUT2D eigenvalue weighted by molar-refractivity contribution is 5.94. The standard InChI is InChI=1S/C19H19F2N3O3/c1-12-23-14-5-3-4-6-15(14)24(12)10-9-22-18(25)13-7-8-16(27-19(20)21)17(11-13)26-2/h3-8,11,19H,9-10H2,1-2H3,(H,22,25). The molecule has 0 bridgehead atoms. The number of halogens is 2. The van der Waals surface area contributed by atoms with E-state index >= 15 is 0 Å². The molecule has 0 radical (unpaired) electrons. The Kier molecular flexibility index (Phi) is 5.54. The Balaban J connectivity index is 1.66. The van der Waals surface area contributed by atoms with Crippen LogP contribution in [0.5, 0.6) is 11.5 Å². The van der Waals surface area contributed by atoms with Gasteiger partial charge >= 0.3 is 6.61 Å². The van der Waals surface area contributed by atoms with Crippen LogP contribution in [-0.2, 0) is 6.54 Å². The number of alkyl halides is 2. The van der Waals surface area contributed by atoms with E-state index in [1.165, 1.54) is 25.3 Å². The van der Waals surface area contributed by atoms with Crippen molar-refractivity contribution >= 4 is 16.9 Å². The van der Waals surface area contributed by atoms with Crippen LogP contribution in [0, 0.1) is 6.92 Å². The molecule has 27 heavy (non-hydrogen) atoms. The number of para-hydroxylation sites is 2. The lowest BCUT2D eigenvalue weighted by Gasteiger charge is -2.12. The van der Waals surface area contributed by atoms with Crippen LogP contribution in [0.3, 0.4) is 0 Å². The van der Waals surface area contributed by atoms with Gasteiger partial charge in [0.05, 0.1) is 18.1 Å². The molecule has 0 spiro atoms. The molecule has 1 aromatic heterocycles. The van der Waals surface area contributed by atoms with Crippen LogP contribution >= 0.6 is 0 Å². The smallest absolute Gasteiger partial charge is 0.387 e. The zero-order chi connectivity index (χ0) is 19.4. The largest absolute Gasteiger partial charge is 0.493 e. The second kappa shape index (κ2) is 8.03. The van der Waals surface area contributed by atoms with Gasteiger partial charge in [0.25, 0.3) is 5.91 Å². The average Bonchev–Trinajstić information content (AvgIpc) is 2.97. The van der Waals surface area contributed by atoms with Gasteiger partial charge in [0.1, 0.15) is 5.82 Å². The highest BCUT2D eigenvalue weighted by Gasteiger charge is 2.14. The Morgan fingerprint density at radius 1 is 1.22 bits per heavy atom. The van der Waals surface area contributed by atoms with E-state index < -0.39 is 6.61 Å². The predicted octanol–water partition coefficient (Wildman–Crippen LogP) is 3.38. The first-order valence-corrected chi connectivity index (χ1v) is 8.32. The number of nitrogens with zero attached hydrogens (tertiary/aromatic N) is 2. The van der Waals surface area contributed by atoms with Gasteiger partial charge in [-0.2, -0.15) is 8.78 Å². The van der Waals surface area contributed by atoms with Crippen molar-refractivity contribution in [3.05, 3.63) is 53.9 Å². The number of carbonyl (C=O) groups excluding carboxylic acids is 1.